The number of halogens is 2. The number of hydrogen-bond acceptors (Lipinski definition) is 4. The maximum Gasteiger partial charge on any atom is 0.241 e. The molecule has 0 unspecified atom stereocenters. The van der Waals surface area contributed by atoms with Crippen LogP contribution in [0.3, 0.4) is 0 Å². The van der Waals surface area contributed by atoms with E-state index in [-0.39, 0.29) is 15.6 Å². The van der Waals surface area contributed by atoms with E-state index in [2.05, 4.69) is 10.0 Å². The number of hydrogen-bond donors (Lipinski definition) is 2. The van der Waals surface area contributed by atoms with Gasteiger partial charge in [0.25, 0.3) is 0 Å². The molecule has 9 heteroatoms. The maximum absolute atomic E-state index is 13.1. The third kappa shape index (κ3) is 5.42. The minimum Gasteiger partial charge on any atom is -0.494 e. The van der Waals surface area contributed by atoms with Gasteiger partial charge in [-0.3, -0.25) is 4.79 Å². The molecule has 6 nitrogen and oxygen atoms in total. The SMILES string of the molecule is CCOc1ccc(S(=O)(=O)NCC(=O)Nc2ccc(F)c(Cl)c2)cc1. The highest BCUT2D eigenvalue weighted by molar-refractivity contribution is 7.89. The van der Waals surface area contributed by atoms with Crippen molar-refractivity contribution in [1.29, 1.82) is 0 Å². The van der Waals surface area contributed by atoms with Crippen molar-refractivity contribution < 1.29 is 22.3 Å². The highest BCUT2D eigenvalue weighted by Crippen LogP contribution is 2.19. The van der Waals surface area contributed by atoms with Gasteiger partial charge >= 0.3 is 0 Å². The Morgan fingerprint density at radius 2 is 1.88 bits per heavy atom. The van der Waals surface area contributed by atoms with Gasteiger partial charge in [-0.15, -0.1) is 0 Å². The lowest BCUT2D eigenvalue weighted by Crippen LogP contribution is -2.32. The summed E-state index contributed by atoms with van der Waals surface area (Å²) in [5.74, 6) is -0.680. The largest absolute Gasteiger partial charge is 0.494 e. The topological polar surface area (TPSA) is 84.5 Å². The zero-order valence-corrected chi connectivity index (χ0v) is 14.8. The molecule has 0 aliphatic rings. The lowest BCUT2D eigenvalue weighted by Gasteiger charge is -2.09. The molecule has 0 spiro atoms. The zero-order chi connectivity index (χ0) is 18.4. The highest BCUT2D eigenvalue weighted by Gasteiger charge is 2.16. The van der Waals surface area contributed by atoms with E-state index in [1.165, 1.54) is 36.4 Å². The fraction of sp³-hybridized carbons (Fsp3) is 0.188. The van der Waals surface area contributed by atoms with E-state index in [0.29, 0.717) is 12.4 Å². The van der Waals surface area contributed by atoms with Crippen LogP contribution in [-0.4, -0.2) is 27.5 Å². The first kappa shape index (κ1) is 19.2. The maximum atomic E-state index is 13.1. The van der Waals surface area contributed by atoms with Crippen LogP contribution in [0.1, 0.15) is 6.92 Å². The first-order valence-corrected chi connectivity index (χ1v) is 9.15. The second-order valence-corrected chi connectivity index (χ2v) is 7.08. The number of amides is 1. The van der Waals surface area contributed by atoms with Gasteiger partial charge in [-0.05, 0) is 49.4 Å². The summed E-state index contributed by atoms with van der Waals surface area (Å²) in [5.41, 5.74) is 0.261. The van der Waals surface area contributed by atoms with Crippen molar-refractivity contribution >= 4 is 33.2 Å². The molecular formula is C16H16ClFN2O4S. The van der Waals surface area contributed by atoms with Crippen LogP contribution in [0.4, 0.5) is 10.1 Å². The van der Waals surface area contributed by atoms with Crippen LogP contribution in [0.15, 0.2) is 47.4 Å². The number of anilines is 1. The van der Waals surface area contributed by atoms with Crippen molar-refractivity contribution in [1.82, 2.24) is 4.72 Å². The molecule has 0 fully saturated rings. The average Bonchev–Trinajstić information content (AvgIpc) is 2.57. The van der Waals surface area contributed by atoms with Crippen LogP contribution >= 0.6 is 11.6 Å². The predicted molar refractivity (Wildman–Crippen MR) is 92.8 cm³/mol. The summed E-state index contributed by atoms with van der Waals surface area (Å²) in [5, 5.41) is 2.28. The summed E-state index contributed by atoms with van der Waals surface area (Å²) in [6.07, 6.45) is 0. The van der Waals surface area contributed by atoms with Crippen LogP contribution in [0.5, 0.6) is 5.75 Å². The van der Waals surface area contributed by atoms with Gasteiger partial charge in [0.15, 0.2) is 0 Å². The summed E-state index contributed by atoms with van der Waals surface area (Å²) in [7, 11) is -3.85. The molecule has 2 N–H and O–H groups in total. The van der Waals surface area contributed by atoms with Gasteiger partial charge < -0.3 is 10.1 Å². The van der Waals surface area contributed by atoms with E-state index in [0.717, 1.165) is 6.07 Å². The summed E-state index contributed by atoms with van der Waals surface area (Å²) in [4.78, 5) is 11.8. The molecule has 2 aromatic carbocycles. The summed E-state index contributed by atoms with van der Waals surface area (Å²) in [6, 6.07) is 9.46. The minimum atomic E-state index is -3.85. The first-order chi connectivity index (χ1) is 11.8. The quantitative estimate of drug-likeness (QED) is 0.766. The lowest BCUT2D eigenvalue weighted by molar-refractivity contribution is -0.115. The molecule has 1 amide bonds. The van der Waals surface area contributed by atoms with Crippen molar-refractivity contribution in [2.45, 2.75) is 11.8 Å². The van der Waals surface area contributed by atoms with Crippen LogP contribution < -0.4 is 14.8 Å². The first-order valence-electron chi connectivity index (χ1n) is 7.29. The Kier molecular flexibility index (Phi) is 6.35. The second-order valence-electron chi connectivity index (χ2n) is 4.91. The van der Waals surface area contributed by atoms with Gasteiger partial charge in [-0.1, -0.05) is 11.6 Å². The van der Waals surface area contributed by atoms with Gasteiger partial charge in [0.1, 0.15) is 11.6 Å². The van der Waals surface area contributed by atoms with Crippen LogP contribution in [0, 0.1) is 5.82 Å². The number of ether oxygens (including phenoxy) is 1. The molecule has 0 aromatic heterocycles. The molecule has 2 rings (SSSR count). The monoisotopic (exact) mass is 386 g/mol. The zero-order valence-electron chi connectivity index (χ0n) is 13.3. The molecule has 0 atom stereocenters. The number of nitrogens with one attached hydrogen (secondary N) is 2. The van der Waals surface area contributed by atoms with E-state index < -0.39 is 28.3 Å². The Morgan fingerprint density at radius 1 is 1.20 bits per heavy atom. The van der Waals surface area contributed by atoms with Crippen LogP contribution in [-0.2, 0) is 14.8 Å². The van der Waals surface area contributed by atoms with Gasteiger partial charge in [-0.2, -0.15) is 0 Å². The predicted octanol–water partition coefficient (Wildman–Crippen LogP) is 2.79. The third-order valence-corrected chi connectivity index (χ3v) is 4.78. The average molecular weight is 387 g/mol. The molecule has 0 aliphatic carbocycles. The Balaban J connectivity index is 1.96. The number of carbonyl (C=O) groups excluding carboxylic acids is 1. The van der Waals surface area contributed by atoms with E-state index in [1.54, 1.807) is 0 Å². The van der Waals surface area contributed by atoms with E-state index >= 15 is 0 Å². The molecule has 25 heavy (non-hydrogen) atoms. The van der Waals surface area contributed by atoms with E-state index in [4.69, 9.17) is 16.3 Å². The Bertz CT molecular complexity index is 857. The second kappa shape index (κ2) is 8.28. The van der Waals surface area contributed by atoms with E-state index in [9.17, 15) is 17.6 Å². The standard InChI is InChI=1S/C16H16ClFN2O4S/c1-2-24-12-4-6-13(7-5-12)25(22,23)19-10-16(21)20-11-3-8-15(18)14(17)9-11/h3-9,19H,2,10H2,1H3,(H,20,21). The van der Waals surface area contributed by atoms with Crippen molar-refractivity contribution in [2.24, 2.45) is 0 Å². The van der Waals surface area contributed by atoms with Crippen molar-refractivity contribution in [3.8, 4) is 5.75 Å². The third-order valence-electron chi connectivity index (χ3n) is 3.07. The van der Waals surface area contributed by atoms with Gasteiger partial charge in [-0.25, -0.2) is 17.5 Å². The molecule has 0 aliphatic heterocycles. The number of carbonyl (C=O) groups is 1. The molecule has 0 heterocycles. The molecule has 2 aromatic rings. The van der Waals surface area contributed by atoms with Crippen molar-refractivity contribution in [3.63, 3.8) is 0 Å². The number of rotatable bonds is 7. The Morgan fingerprint density at radius 3 is 2.48 bits per heavy atom. The highest BCUT2D eigenvalue weighted by atomic mass is 35.5. The molecule has 0 saturated carbocycles. The van der Waals surface area contributed by atoms with E-state index in [1.807, 2.05) is 6.92 Å². The summed E-state index contributed by atoms with van der Waals surface area (Å²) < 4.78 is 44.8. The number of sulfonamides is 1. The fourth-order valence-electron chi connectivity index (χ4n) is 1.90. The summed E-state index contributed by atoms with van der Waals surface area (Å²) in [6.45, 7) is 1.81. The molecular weight excluding hydrogens is 371 g/mol. The van der Waals surface area contributed by atoms with Crippen LogP contribution in [0.25, 0.3) is 0 Å². The number of benzene rings is 2. The fourth-order valence-corrected chi connectivity index (χ4v) is 3.07. The normalized spacial score (nSPS) is 11.2. The molecule has 0 bridgehead atoms. The molecule has 0 radical (unpaired) electrons. The van der Waals surface area contributed by atoms with Crippen molar-refractivity contribution in [2.75, 3.05) is 18.5 Å². The van der Waals surface area contributed by atoms with Gasteiger partial charge in [0, 0.05) is 5.69 Å². The Hall–Kier alpha value is -2.16. The lowest BCUT2D eigenvalue weighted by atomic mass is 10.3. The van der Waals surface area contributed by atoms with Gasteiger partial charge in [0.2, 0.25) is 15.9 Å². The molecule has 0 saturated heterocycles. The minimum absolute atomic E-state index is 0.00794. The Labute approximate surface area is 150 Å². The van der Waals surface area contributed by atoms with Crippen molar-refractivity contribution in [3.05, 3.63) is 53.3 Å². The summed E-state index contributed by atoms with van der Waals surface area (Å²) >= 11 is 5.61. The molecule has 134 valence electrons. The van der Waals surface area contributed by atoms with Gasteiger partial charge in [0.05, 0.1) is 23.1 Å². The van der Waals surface area contributed by atoms with Crippen LogP contribution in [0.2, 0.25) is 5.02 Å². The smallest absolute Gasteiger partial charge is 0.241 e.